The van der Waals surface area contributed by atoms with E-state index in [-0.39, 0.29) is 30.8 Å². The highest BCUT2D eigenvalue weighted by Gasteiger charge is 2.28. The quantitative estimate of drug-likeness (QED) is 0.661. The van der Waals surface area contributed by atoms with Gasteiger partial charge in [-0.25, -0.2) is 4.39 Å². The first-order valence-corrected chi connectivity index (χ1v) is 7.95. The van der Waals surface area contributed by atoms with Gasteiger partial charge in [-0.2, -0.15) is 4.98 Å². The highest BCUT2D eigenvalue weighted by Crippen LogP contribution is 2.38. The van der Waals surface area contributed by atoms with Gasteiger partial charge in [0.25, 0.3) is 5.91 Å². The van der Waals surface area contributed by atoms with Crippen LogP contribution in [0.5, 0.6) is 0 Å². The van der Waals surface area contributed by atoms with E-state index in [9.17, 15) is 14.0 Å². The molecule has 9 heteroatoms. The predicted octanol–water partition coefficient (Wildman–Crippen LogP) is 1.30. The molecule has 2 aromatic rings. The molecule has 1 saturated carbocycles. The van der Waals surface area contributed by atoms with Crippen LogP contribution >= 0.6 is 0 Å². The average molecular weight is 347 g/mol. The minimum absolute atomic E-state index is 0.0402. The Bertz CT molecular complexity index is 788. The Kier molecular flexibility index (Phi) is 4.92. The van der Waals surface area contributed by atoms with E-state index in [1.165, 1.54) is 18.2 Å². The minimum Gasteiger partial charge on any atom is -0.374 e. The molecule has 3 rings (SSSR count). The number of hydrogen-bond acceptors (Lipinski definition) is 6. The first-order valence-electron chi connectivity index (χ1n) is 7.95. The van der Waals surface area contributed by atoms with Crippen molar-refractivity contribution in [1.29, 1.82) is 0 Å². The normalized spacial score (nSPS) is 13.5. The number of nitrogens with zero attached hydrogens (tertiary/aromatic N) is 2. The number of rotatable bonds is 8. The Hall–Kier alpha value is -2.97. The van der Waals surface area contributed by atoms with Crippen LogP contribution in [0, 0.1) is 5.82 Å². The molecule has 0 spiro atoms. The number of carbonyl (C=O) groups is 2. The molecule has 1 aromatic heterocycles. The summed E-state index contributed by atoms with van der Waals surface area (Å²) in [4.78, 5) is 26.9. The van der Waals surface area contributed by atoms with E-state index in [2.05, 4.69) is 20.8 Å². The molecular formula is C16H18FN5O3. The summed E-state index contributed by atoms with van der Waals surface area (Å²) in [6.45, 7) is 0.281. The summed E-state index contributed by atoms with van der Waals surface area (Å²) in [7, 11) is 0. The fourth-order valence-corrected chi connectivity index (χ4v) is 2.22. The topological polar surface area (TPSA) is 123 Å². The molecule has 1 fully saturated rings. The lowest BCUT2D eigenvalue weighted by atomic mass is 10.1. The van der Waals surface area contributed by atoms with Gasteiger partial charge in [0.15, 0.2) is 5.82 Å². The van der Waals surface area contributed by atoms with Gasteiger partial charge in [-0.15, -0.1) is 0 Å². The molecule has 1 aromatic carbocycles. The zero-order valence-electron chi connectivity index (χ0n) is 13.4. The third-order valence-electron chi connectivity index (χ3n) is 3.74. The SMILES string of the molecule is NC(=O)CCNC(=O)c1ccc(F)c(NCc2nc(C3CC3)no2)c1. The lowest BCUT2D eigenvalue weighted by Gasteiger charge is -2.08. The number of hydrogen-bond donors (Lipinski definition) is 3. The van der Waals surface area contributed by atoms with Crippen LogP contribution in [0.2, 0.25) is 0 Å². The van der Waals surface area contributed by atoms with Gasteiger partial charge in [-0.3, -0.25) is 9.59 Å². The summed E-state index contributed by atoms with van der Waals surface area (Å²) in [5.41, 5.74) is 5.42. The summed E-state index contributed by atoms with van der Waals surface area (Å²) in [5.74, 6) is -0.0141. The van der Waals surface area contributed by atoms with Crippen LogP contribution in [-0.2, 0) is 11.3 Å². The van der Waals surface area contributed by atoms with Gasteiger partial charge in [0, 0.05) is 24.4 Å². The van der Waals surface area contributed by atoms with E-state index in [4.69, 9.17) is 10.3 Å². The number of amides is 2. The first kappa shape index (κ1) is 16.9. The fourth-order valence-electron chi connectivity index (χ4n) is 2.22. The third kappa shape index (κ3) is 4.52. The second-order valence-electron chi connectivity index (χ2n) is 5.84. The molecular weight excluding hydrogens is 329 g/mol. The summed E-state index contributed by atoms with van der Waals surface area (Å²) >= 11 is 0. The third-order valence-corrected chi connectivity index (χ3v) is 3.74. The zero-order chi connectivity index (χ0) is 17.8. The lowest BCUT2D eigenvalue weighted by Crippen LogP contribution is -2.27. The molecule has 132 valence electrons. The number of aromatic nitrogens is 2. The highest BCUT2D eigenvalue weighted by molar-refractivity contribution is 5.95. The summed E-state index contributed by atoms with van der Waals surface area (Å²) < 4.78 is 19.0. The average Bonchev–Trinajstić information content (AvgIpc) is 3.32. The van der Waals surface area contributed by atoms with Crippen molar-refractivity contribution in [2.45, 2.75) is 31.7 Å². The van der Waals surface area contributed by atoms with E-state index in [0.29, 0.717) is 17.6 Å². The number of benzene rings is 1. The Morgan fingerprint density at radius 3 is 2.88 bits per heavy atom. The number of halogens is 1. The first-order chi connectivity index (χ1) is 12.0. The monoisotopic (exact) mass is 347 g/mol. The number of carbonyl (C=O) groups excluding carboxylic acids is 2. The molecule has 1 aliphatic rings. The van der Waals surface area contributed by atoms with Crippen LogP contribution in [0.4, 0.5) is 10.1 Å². The van der Waals surface area contributed by atoms with Crippen LogP contribution in [0.25, 0.3) is 0 Å². The Balaban J connectivity index is 1.60. The molecule has 1 aliphatic carbocycles. The summed E-state index contributed by atoms with van der Waals surface area (Å²) in [6, 6.07) is 3.93. The van der Waals surface area contributed by atoms with Gasteiger partial charge in [-0.1, -0.05) is 5.16 Å². The molecule has 0 atom stereocenters. The Morgan fingerprint density at radius 1 is 1.36 bits per heavy atom. The molecule has 4 N–H and O–H groups in total. The van der Waals surface area contributed by atoms with E-state index in [1.807, 2.05) is 0 Å². The molecule has 0 unspecified atom stereocenters. The molecule has 1 heterocycles. The van der Waals surface area contributed by atoms with Crippen molar-refractivity contribution < 1.29 is 18.5 Å². The van der Waals surface area contributed by atoms with Crippen LogP contribution < -0.4 is 16.4 Å². The zero-order valence-corrected chi connectivity index (χ0v) is 13.4. The number of nitrogens with one attached hydrogen (secondary N) is 2. The Labute approximate surface area is 143 Å². The largest absolute Gasteiger partial charge is 0.374 e. The maximum Gasteiger partial charge on any atom is 0.251 e. The smallest absolute Gasteiger partial charge is 0.251 e. The van der Waals surface area contributed by atoms with Crippen molar-refractivity contribution in [3.63, 3.8) is 0 Å². The van der Waals surface area contributed by atoms with Crippen molar-refractivity contribution >= 4 is 17.5 Å². The van der Waals surface area contributed by atoms with Gasteiger partial charge in [0.1, 0.15) is 5.82 Å². The standard InChI is InChI=1S/C16H18FN5O3/c17-11-4-3-10(16(24)19-6-5-13(18)23)7-12(11)20-8-14-21-15(22-25-14)9-1-2-9/h3-4,7,9,20H,1-2,5-6,8H2,(H2,18,23)(H,19,24). The van der Waals surface area contributed by atoms with Crippen LogP contribution in [0.1, 0.15) is 47.3 Å². The van der Waals surface area contributed by atoms with Crippen LogP contribution in [-0.4, -0.2) is 28.5 Å². The summed E-state index contributed by atoms with van der Waals surface area (Å²) in [6.07, 6.45) is 2.17. The van der Waals surface area contributed by atoms with Crippen LogP contribution in [0.3, 0.4) is 0 Å². The molecule has 0 aliphatic heterocycles. The number of primary amides is 1. The highest BCUT2D eigenvalue weighted by atomic mass is 19.1. The van der Waals surface area contributed by atoms with Gasteiger partial charge < -0.3 is 20.9 Å². The molecule has 0 saturated heterocycles. The van der Waals surface area contributed by atoms with Gasteiger partial charge in [0.2, 0.25) is 11.8 Å². The molecule has 0 radical (unpaired) electrons. The maximum absolute atomic E-state index is 13.9. The lowest BCUT2D eigenvalue weighted by molar-refractivity contribution is -0.117. The second-order valence-corrected chi connectivity index (χ2v) is 5.84. The van der Waals surface area contributed by atoms with E-state index < -0.39 is 17.6 Å². The van der Waals surface area contributed by atoms with Gasteiger partial charge in [-0.05, 0) is 31.0 Å². The van der Waals surface area contributed by atoms with Gasteiger partial charge >= 0.3 is 0 Å². The van der Waals surface area contributed by atoms with Crippen molar-refractivity contribution in [2.24, 2.45) is 5.73 Å². The van der Waals surface area contributed by atoms with Crippen LogP contribution in [0.15, 0.2) is 22.7 Å². The maximum atomic E-state index is 13.9. The van der Waals surface area contributed by atoms with Crippen molar-refractivity contribution in [1.82, 2.24) is 15.5 Å². The van der Waals surface area contributed by atoms with Gasteiger partial charge in [0.05, 0.1) is 12.2 Å². The summed E-state index contributed by atoms with van der Waals surface area (Å²) in [5, 5.41) is 9.27. The number of anilines is 1. The number of nitrogens with two attached hydrogens (primary N) is 1. The van der Waals surface area contributed by atoms with Crippen molar-refractivity contribution in [2.75, 3.05) is 11.9 Å². The van der Waals surface area contributed by atoms with E-state index in [0.717, 1.165) is 12.8 Å². The predicted molar refractivity (Wildman–Crippen MR) is 86.1 cm³/mol. The van der Waals surface area contributed by atoms with Crippen molar-refractivity contribution in [3.05, 3.63) is 41.3 Å². The molecule has 0 bridgehead atoms. The van der Waals surface area contributed by atoms with E-state index >= 15 is 0 Å². The molecule has 8 nitrogen and oxygen atoms in total. The van der Waals surface area contributed by atoms with E-state index in [1.54, 1.807) is 0 Å². The molecule has 25 heavy (non-hydrogen) atoms. The fraction of sp³-hybridized carbons (Fsp3) is 0.375. The Morgan fingerprint density at radius 2 is 2.16 bits per heavy atom. The van der Waals surface area contributed by atoms with Crippen molar-refractivity contribution in [3.8, 4) is 0 Å². The molecule has 2 amide bonds. The minimum atomic E-state index is -0.508. The second kappa shape index (κ2) is 7.29.